The number of nitrogens with one attached hydrogen (secondary N) is 1. The van der Waals surface area contributed by atoms with Crippen LogP contribution in [0.15, 0.2) is 17.5 Å². The lowest BCUT2D eigenvalue weighted by molar-refractivity contribution is -0.179. The Bertz CT molecular complexity index is 421. The summed E-state index contributed by atoms with van der Waals surface area (Å²) >= 11 is 1.62. The number of aliphatic hydroxyl groups is 1. The van der Waals surface area contributed by atoms with Crippen LogP contribution in [-0.4, -0.2) is 36.2 Å². The first-order valence-corrected chi connectivity index (χ1v) is 8.80. The number of rotatable bonds is 5. The maximum Gasteiger partial charge on any atom is 0.168 e. The van der Waals surface area contributed by atoms with Crippen LogP contribution in [0.2, 0.25) is 0 Å². The molecule has 2 heterocycles. The Morgan fingerprint density at radius 3 is 2.71 bits per heavy atom. The molecule has 2 atom stereocenters. The number of hydrogen-bond acceptors (Lipinski definition) is 5. The standard InChI is InChI=1S/C16H25NO3S/c1-12(11-14(18)15-3-2-10-21-15)17-13-4-6-16(7-5-13)19-8-9-20-16/h2-3,10,12-14,17-18H,4-9,11H2,1H3/t12-,14-/m0/s1. The summed E-state index contributed by atoms with van der Waals surface area (Å²) in [4.78, 5) is 1.05. The average molecular weight is 311 g/mol. The van der Waals surface area contributed by atoms with Gasteiger partial charge in [-0.3, -0.25) is 0 Å². The molecule has 0 aromatic carbocycles. The van der Waals surface area contributed by atoms with Gasteiger partial charge in [-0.25, -0.2) is 0 Å². The summed E-state index contributed by atoms with van der Waals surface area (Å²) in [6, 6.07) is 4.81. The second kappa shape index (κ2) is 6.75. The topological polar surface area (TPSA) is 50.7 Å². The fourth-order valence-electron chi connectivity index (χ4n) is 3.41. The van der Waals surface area contributed by atoms with Crippen LogP contribution >= 0.6 is 11.3 Å². The minimum Gasteiger partial charge on any atom is -0.388 e. The molecule has 4 nitrogen and oxygen atoms in total. The van der Waals surface area contributed by atoms with E-state index in [0.29, 0.717) is 12.1 Å². The van der Waals surface area contributed by atoms with Crippen LogP contribution in [0.5, 0.6) is 0 Å². The molecule has 3 rings (SSSR count). The van der Waals surface area contributed by atoms with Gasteiger partial charge in [-0.1, -0.05) is 6.07 Å². The summed E-state index contributed by atoms with van der Waals surface area (Å²) in [5, 5.41) is 15.9. The molecule has 0 amide bonds. The zero-order valence-corrected chi connectivity index (χ0v) is 13.4. The van der Waals surface area contributed by atoms with Crippen molar-refractivity contribution in [1.29, 1.82) is 0 Å². The Kier molecular flexibility index (Phi) is 4.96. The molecule has 1 saturated carbocycles. The molecule has 5 heteroatoms. The van der Waals surface area contributed by atoms with Gasteiger partial charge in [0.2, 0.25) is 0 Å². The van der Waals surface area contributed by atoms with Crippen LogP contribution < -0.4 is 5.32 Å². The summed E-state index contributed by atoms with van der Waals surface area (Å²) < 4.78 is 11.5. The highest BCUT2D eigenvalue weighted by Crippen LogP contribution is 2.36. The summed E-state index contributed by atoms with van der Waals surface area (Å²) in [7, 11) is 0. The second-order valence-corrected chi connectivity index (χ2v) is 7.20. The van der Waals surface area contributed by atoms with Crippen molar-refractivity contribution in [1.82, 2.24) is 5.32 Å². The summed E-state index contributed by atoms with van der Waals surface area (Å²) in [5.41, 5.74) is 0. The third-order valence-electron chi connectivity index (χ3n) is 4.53. The summed E-state index contributed by atoms with van der Waals surface area (Å²) in [5.74, 6) is -0.280. The second-order valence-electron chi connectivity index (χ2n) is 6.22. The van der Waals surface area contributed by atoms with Crippen LogP contribution in [0, 0.1) is 0 Å². The van der Waals surface area contributed by atoms with Gasteiger partial charge in [-0.05, 0) is 37.6 Å². The molecular weight excluding hydrogens is 286 g/mol. The van der Waals surface area contributed by atoms with Crippen molar-refractivity contribution in [2.24, 2.45) is 0 Å². The fraction of sp³-hybridized carbons (Fsp3) is 0.750. The molecule has 1 aromatic rings. The molecule has 1 saturated heterocycles. The Morgan fingerprint density at radius 2 is 2.10 bits per heavy atom. The molecular formula is C16H25NO3S. The van der Waals surface area contributed by atoms with Crippen molar-refractivity contribution in [3.63, 3.8) is 0 Å². The van der Waals surface area contributed by atoms with Gasteiger partial charge in [0.05, 0.1) is 19.3 Å². The highest BCUT2D eigenvalue weighted by Gasteiger charge is 2.40. The molecule has 1 aromatic heterocycles. The van der Waals surface area contributed by atoms with Crippen molar-refractivity contribution < 1.29 is 14.6 Å². The third kappa shape index (κ3) is 3.85. The molecule has 1 spiro atoms. The maximum atomic E-state index is 10.2. The molecule has 21 heavy (non-hydrogen) atoms. The highest BCUT2D eigenvalue weighted by atomic mass is 32.1. The van der Waals surface area contributed by atoms with Crippen LogP contribution in [-0.2, 0) is 9.47 Å². The summed E-state index contributed by atoms with van der Waals surface area (Å²) in [6.07, 6.45) is 4.52. The molecule has 118 valence electrons. The smallest absolute Gasteiger partial charge is 0.168 e. The molecule has 2 N–H and O–H groups in total. The van der Waals surface area contributed by atoms with E-state index in [1.807, 2.05) is 17.5 Å². The van der Waals surface area contributed by atoms with E-state index >= 15 is 0 Å². The lowest BCUT2D eigenvalue weighted by Crippen LogP contribution is -2.45. The van der Waals surface area contributed by atoms with E-state index in [2.05, 4.69) is 12.2 Å². The van der Waals surface area contributed by atoms with Gasteiger partial charge >= 0.3 is 0 Å². The van der Waals surface area contributed by atoms with Crippen molar-refractivity contribution in [3.8, 4) is 0 Å². The molecule has 0 bridgehead atoms. The van der Waals surface area contributed by atoms with Crippen LogP contribution in [0.3, 0.4) is 0 Å². The lowest BCUT2D eigenvalue weighted by Gasteiger charge is -2.37. The van der Waals surface area contributed by atoms with E-state index in [9.17, 15) is 5.11 Å². The first-order valence-electron chi connectivity index (χ1n) is 7.92. The van der Waals surface area contributed by atoms with Gasteiger partial charge in [0.25, 0.3) is 0 Å². The lowest BCUT2D eigenvalue weighted by atomic mass is 9.89. The third-order valence-corrected chi connectivity index (χ3v) is 5.50. The minimum atomic E-state index is -0.357. The first-order chi connectivity index (χ1) is 10.2. The quantitative estimate of drug-likeness (QED) is 0.878. The average Bonchev–Trinajstić information content (AvgIpc) is 3.14. The molecule has 1 aliphatic carbocycles. The Balaban J connectivity index is 1.42. The predicted molar refractivity (Wildman–Crippen MR) is 83.4 cm³/mol. The van der Waals surface area contributed by atoms with E-state index in [0.717, 1.165) is 50.2 Å². The Labute approximate surface area is 130 Å². The van der Waals surface area contributed by atoms with Crippen LogP contribution in [0.4, 0.5) is 0 Å². The Morgan fingerprint density at radius 1 is 1.38 bits per heavy atom. The van der Waals surface area contributed by atoms with Gasteiger partial charge in [-0.2, -0.15) is 0 Å². The maximum absolute atomic E-state index is 10.2. The fourth-order valence-corrected chi connectivity index (χ4v) is 4.14. The number of ether oxygens (including phenoxy) is 2. The van der Waals surface area contributed by atoms with E-state index < -0.39 is 0 Å². The van der Waals surface area contributed by atoms with Gasteiger partial charge < -0.3 is 19.9 Å². The van der Waals surface area contributed by atoms with Crippen molar-refractivity contribution in [2.75, 3.05) is 13.2 Å². The largest absolute Gasteiger partial charge is 0.388 e. The highest BCUT2D eigenvalue weighted by molar-refractivity contribution is 7.10. The molecule has 2 fully saturated rings. The van der Waals surface area contributed by atoms with E-state index in [4.69, 9.17) is 9.47 Å². The van der Waals surface area contributed by atoms with Gasteiger partial charge in [-0.15, -0.1) is 11.3 Å². The molecule has 1 aliphatic heterocycles. The Hall–Kier alpha value is -0.460. The van der Waals surface area contributed by atoms with E-state index in [1.54, 1.807) is 11.3 Å². The van der Waals surface area contributed by atoms with Crippen molar-refractivity contribution >= 4 is 11.3 Å². The van der Waals surface area contributed by atoms with E-state index in [1.165, 1.54) is 0 Å². The normalized spacial score (nSPS) is 25.2. The van der Waals surface area contributed by atoms with Gasteiger partial charge in [0.1, 0.15) is 0 Å². The zero-order chi connectivity index (χ0) is 14.7. The minimum absolute atomic E-state index is 0.280. The number of aliphatic hydroxyl groups excluding tert-OH is 1. The SMILES string of the molecule is C[C@@H](C[C@H](O)c1cccs1)NC1CCC2(CC1)OCCO2. The first kappa shape index (κ1) is 15.4. The van der Waals surface area contributed by atoms with Crippen molar-refractivity contribution in [3.05, 3.63) is 22.4 Å². The molecule has 2 aliphatic rings. The molecule has 0 radical (unpaired) electrons. The summed E-state index contributed by atoms with van der Waals surface area (Å²) in [6.45, 7) is 3.63. The zero-order valence-electron chi connectivity index (χ0n) is 12.6. The van der Waals surface area contributed by atoms with E-state index in [-0.39, 0.29) is 11.9 Å². The predicted octanol–water partition coefficient (Wildman–Crippen LogP) is 2.84. The van der Waals surface area contributed by atoms with Crippen molar-refractivity contribution in [2.45, 2.75) is 63.0 Å². The monoisotopic (exact) mass is 311 g/mol. The van der Waals surface area contributed by atoms with Crippen LogP contribution in [0.25, 0.3) is 0 Å². The van der Waals surface area contributed by atoms with Crippen LogP contribution in [0.1, 0.15) is 50.0 Å². The number of hydrogen-bond donors (Lipinski definition) is 2. The van der Waals surface area contributed by atoms with Gasteiger partial charge in [0.15, 0.2) is 5.79 Å². The molecule has 0 unspecified atom stereocenters. The van der Waals surface area contributed by atoms with Gasteiger partial charge in [0, 0.05) is 29.8 Å². The number of thiophene rings is 1.